The number of rotatable bonds is 3. The Bertz CT molecular complexity index is 586. The summed E-state index contributed by atoms with van der Waals surface area (Å²) in [4.78, 5) is 18.6. The van der Waals surface area contributed by atoms with Gasteiger partial charge in [0.1, 0.15) is 5.82 Å². The van der Waals surface area contributed by atoms with Gasteiger partial charge in [-0.2, -0.15) is 13.2 Å². The minimum Gasteiger partial charge on any atom is -0.378 e. The zero-order valence-electron chi connectivity index (χ0n) is 13.9. The topological polar surface area (TPSA) is 54.5 Å². The number of alkyl halides is 3. The molecule has 1 aromatic rings. The Hall–Kier alpha value is -1.83. The molecule has 5 nitrogen and oxygen atoms in total. The molecule has 2 aliphatic rings. The molecule has 1 saturated carbocycles. The summed E-state index contributed by atoms with van der Waals surface area (Å²) in [5.41, 5.74) is 0.281. The molecule has 0 bridgehead atoms. The fraction of sp³-hybridized carbons (Fsp3) is 0.647. The summed E-state index contributed by atoms with van der Waals surface area (Å²) in [6.45, 7) is 2.72. The minimum atomic E-state index is -4.28. The van der Waals surface area contributed by atoms with Crippen molar-refractivity contribution in [3.05, 3.63) is 23.9 Å². The number of carbonyl (C=O) groups excluding carboxylic acids is 1. The van der Waals surface area contributed by atoms with E-state index in [4.69, 9.17) is 4.74 Å². The van der Waals surface area contributed by atoms with Gasteiger partial charge in [-0.1, -0.05) is 12.8 Å². The van der Waals surface area contributed by atoms with Gasteiger partial charge in [-0.15, -0.1) is 0 Å². The first-order valence-electron chi connectivity index (χ1n) is 8.61. The van der Waals surface area contributed by atoms with Crippen molar-refractivity contribution in [2.24, 2.45) is 5.92 Å². The number of pyridine rings is 1. The quantitative estimate of drug-likeness (QED) is 0.904. The van der Waals surface area contributed by atoms with Gasteiger partial charge in [-0.25, -0.2) is 4.98 Å². The highest BCUT2D eigenvalue weighted by Crippen LogP contribution is 2.37. The number of nitrogens with one attached hydrogen (secondary N) is 1. The molecule has 1 aliphatic carbocycles. The highest BCUT2D eigenvalue weighted by atomic mass is 19.4. The lowest BCUT2D eigenvalue weighted by atomic mass is 9.84. The van der Waals surface area contributed by atoms with Crippen LogP contribution in [-0.4, -0.2) is 49.4 Å². The second kappa shape index (κ2) is 7.59. The average Bonchev–Trinajstić information content (AvgIpc) is 2.62. The number of anilines is 1. The average molecular weight is 357 g/mol. The number of amides is 1. The van der Waals surface area contributed by atoms with Crippen LogP contribution in [0.25, 0.3) is 0 Å². The van der Waals surface area contributed by atoms with Gasteiger partial charge >= 0.3 is 6.18 Å². The fourth-order valence-electron chi connectivity index (χ4n) is 3.45. The number of nitrogens with zero attached hydrogens (tertiary/aromatic N) is 2. The van der Waals surface area contributed by atoms with Crippen molar-refractivity contribution >= 4 is 11.7 Å². The highest BCUT2D eigenvalue weighted by molar-refractivity contribution is 5.94. The Labute approximate surface area is 144 Å². The zero-order chi connectivity index (χ0) is 17.9. The largest absolute Gasteiger partial charge is 0.393 e. The lowest BCUT2D eigenvalue weighted by Gasteiger charge is -2.33. The first-order chi connectivity index (χ1) is 11.9. The van der Waals surface area contributed by atoms with Crippen molar-refractivity contribution in [2.75, 3.05) is 31.2 Å². The van der Waals surface area contributed by atoms with E-state index in [-0.39, 0.29) is 12.0 Å². The summed E-state index contributed by atoms with van der Waals surface area (Å²) in [7, 11) is 0. The number of carbonyl (C=O) groups is 1. The number of halogens is 3. The molecule has 3 rings (SSSR count). The molecule has 1 N–H and O–H groups in total. The lowest BCUT2D eigenvalue weighted by Crippen LogP contribution is -2.47. The van der Waals surface area contributed by atoms with E-state index in [1.54, 1.807) is 12.1 Å². The van der Waals surface area contributed by atoms with Gasteiger partial charge in [0.15, 0.2) is 0 Å². The van der Waals surface area contributed by atoms with Crippen LogP contribution in [0.1, 0.15) is 36.0 Å². The maximum Gasteiger partial charge on any atom is 0.393 e. The SMILES string of the molecule is O=C(N[C@@H]1CCCC[C@H]1C(F)(F)F)c1ccc(N2CCOCC2)nc1. The molecule has 0 unspecified atom stereocenters. The first-order valence-corrected chi connectivity index (χ1v) is 8.61. The van der Waals surface area contributed by atoms with Crippen molar-refractivity contribution < 1.29 is 22.7 Å². The third-order valence-corrected chi connectivity index (χ3v) is 4.85. The van der Waals surface area contributed by atoms with Gasteiger partial charge in [0.25, 0.3) is 5.91 Å². The van der Waals surface area contributed by atoms with Gasteiger partial charge in [-0.05, 0) is 25.0 Å². The molecule has 2 heterocycles. The second-order valence-corrected chi connectivity index (χ2v) is 6.52. The molecule has 1 aromatic heterocycles. The monoisotopic (exact) mass is 357 g/mol. The maximum atomic E-state index is 13.1. The van der Waals surface area contributed by atoms with E-state index in [0.29, 0.717) is 32.5 Å². The smallest absolute Gasteiger partial charge is 0.378 e. The molecule has 0 spiro atoms. The van der Waals surface area contributed by atoms with Gasteiger partial charge in [0, 0.05) is 25.3 Å². The van der Waals surface area contributed by atoms with E-state index in [1.165, 1.54) is 6.20 Å². The lowest BCUT2D eigenvalue weighted by molar-refractivity contribution is -0.187. The Morgan fingerprint density at radius 2 is 1.92 bits per heavy atom. The van der Waals surface area contributed by atoms with Gasteiger partial charge in [-0.3, -0.25) is 4.79 Å². The van der Waals surface area contributed by atoms with E-state index < -0.39 is 24.0 Å². The van der Waals surface area contributed by atoms with Crippen molar-refractivity contribution in [2.45, 2.75) is 37.9 Å². The van der Waals surface area contributed by atoms with Crippen molar-refractivity contribution in [1.29, 1.82) is 0 Å². The number of hydrogen-bond donors (Lipinski definition) is 1. The van der Waals surface area contributed by atoms with Crippen molar-refractivity contribution in [3.8, 4) is 0 Å². The normalized spacial score (nSPS) is 24.8. The van der Waals surface area contributed by atoms with Gasteiger partial charge in [0.2, 0.25) is 0 Å². The predicted octanol–water partition coefficient (Wildman–Crippen LogP) is 2.77. The standard InChI is InChI=1S/C17H22F3N3O2/c18-17(19,20)13-3-1-2-4-14(13)22-16(24)12-5-6-15(21-11-12)23-7-9-25-10-8-23/h5-6,11,13-14H,1-4,7-10H2,(H,22,24)/t13-,14-/m1/s1. The van der Waals surface area contributed by atoms with Crippen LogP contribution in [0.5, 0.6) is 0 Å². The molecule has 0 radical (unpaired) electrons. The van der Waals surface area contributed by atoms with E-state index in [1.807, 2.05) is 4.90 Å². The Morgan fingerprint density at radius 1 is 1.20 bits per heavy atom. The predicted molar refractivity (Wildman–Crippen MR) is 86.5 cm³/mol. The maximum absolute atomic E-state index is 13.1. The molecule has 1 saturated heterocycles. The number of hydrogen-bond acceptors (Lipinski definition) is 4. The van der Waals surface area contributed by atoms with Crippen molar-refractivity contribution in [1.82, 2.24) is 10.3 Å². The van der Waals surface area contributed by atoms with Crippen LogP contribution in [0, 0.1) is 5.92 Å². The van der Waals surface area contributed by atoms with Crippen LogP contribution >= 0.6 is 0 Å². The Morgan fingerprint density at radius 3 is 2.56 bits per heavy atom. The summed E-state index contributed by atoms with van der Waals surface area (Å²) in [5, 5.41) is 2.56. The molecule has 2 fully saturated rings. The van der Waals surface area contributed by atoms with Crippen LogP contribution in [-0.2, 0) is 4.74 Å². The van der Waals surface area contributed by atoms with Crippen LogP contribution in [0.4, 0.5) is 19.0 Å². The van der Waals surface area contributed by atoms with Crippen LogP contribution in [0.15, 0.2) is 18.3 Å². The zero-order valence-corrected chi connectivity index (χ0v) is 13.9. The fourth-order valence-corrected chi connectivity index (χ4v) is 3.45. The molecule has 138 valence electrons. The molecule has 0 aromatic carbocycles. The molecule has 1 aliphatic heterocycles. The molecule has 2 atom stereocenters. The molecule has 1 amide bonds. The Balaban J connectivity index is 1.64. The summed E-state index contributed by atoms with van der Waals surface area (Å²) in [6.07, 6.45) is -1.18. The molecular formula is C17H22F3N3O2. The van der Waals surface area contributed by atoms with E-state index in [0.717, 1.165) is 18.9 Å². The second-order valence-electron chi connectivity index (χ2n) is 6.52. The molecule has 25 heavy (non-hydrogen) atoms. The first kappa shape index (κ1) is 18.0. The van der Waals surface area contributed by atoms with Gasteiger partial charge in [0.05, 0.1) is 24.7 Å². The molecular weight excluding hydrogens is 335 g/mol. The van der Waals surface area contributed by atoms with Crippen LogP contribution in [0.3, 0.4) is 0 Å². The summed E-state index contributed by atoms with van der Waals surface area (Å²) < 4.78 is 44.7. The molecule has 8 heteroatoms. The van der Waals surface area contributed by atoms with E-state index in [2.05, 4.69) is 10.3 Å². The van der Waals surface area contributed by atoms with Crippen molar-refractivity contribution in [3.63, 3.8) is 0 Å². The minimum absolute atomic E-state index is 0.0721. The number of morpholine rings is 1. The summed E-state index contributed by atoms with van der Waals surface area (Å²) in [6, 6.07) is 2.47. The third kappa shape index (κ3) is 4.42. The number of aromatic nitrogens is 1. The van der Waals surface area contributed by atoms with Gasteiger partial charge < -0.3 is 15.0 Å². The van der Waals surface area contributed by atoms with E-state index in [9.17, 15) is 18.0 Å². The highest BCUT2D eigenvalue weighted by Gasteiger charge is 2.46. The third-order valence-electron chi connectivity index (χ3n) is 4.85. The van der Waals surface area contributed by atoms with Crippen LogP contribution in [0.2, 0.25) is 0 Å². The number of ether oxygens (including phenoxy) is 1. The summed E-state index contributed by atoms with van der Waals surface area (Å²) >= 11 is 0. The summed E-state index contributed by atoms with van der Waals surface area (Å²) in [5.74, 6) is -1.22. The van der Waals surface area contributed by atoms with E-state index >= 15 is 0 Å². The Kier molecular flexibility index (Phi) is 5.46. The van der Waals surface area contributed by atoms with Crippen LogP contribution < -0.4 is 10.2 Å².